The molecule has 3 fully saturated rings. The smallest absolute Gasteiger partial charge is 0.225 e. The summed E-state index contributed by atoms with van der Waals surface area (Å²) in [4.78, 5) is 23.1. The maximum Gasteiger partial charge on any atom is 0.225 e. The summed E-state index contributed by atoms with van der Waals surface area (Å²) in [5.41, 5.74) is 6.07. The number of carbonyl (C=O) groups is 2. The molecule has 6 nitrogen and oxygen atoms in total. The number of nitrogens with two attached hydrogens (primary N) is 1. The molecule has 18 heavy (non-hydrogen) atoms. The van der Waals surface area contributed by atoms with E-state index in [0.717, 1.165) is 19.4 Å². The SMILES string of the molecule is NC1C2CCCOC2C1NC(=O)C1CNC(=O)C1. The van der Waals surface area contributed by atoms with Crippen molar-refractivity contribution in [3.8, 4) is 0 Å². The van der Waals surface area contributed by atoms with E-state index in [0.29, 0.717) is 12.5 Å². The van der Waals surface area contributed by atoms with Crippen LogP contribution in [0.25, 0.3) is 0 Å². The fourth-order valence-electron chi connectivity index (χ4n) is 3.20. The zero-order valence-electron chi connectivity index (χ0n) is 10.2. The molecule has 2 aliphatic heterocycles. The van der Waals surface area contributed by atoms with E-state index in [1.807, 2.05) is 0 Å². The number of nitrogens with one attached hydrogen (secondary N) is 2. The molecular formula is C12H19N3O3. The summed E-state index contributed by atoms with van der Waals surface area (Å²) in [7, 11) is 0. The second-order valence-corrected chi connectivity index (χ2v) is 5.46. The highest BCUT2D eigenvalue weighted by Gasteiger charge is 2.51. The van der Waals surface area contributed by atoms with Crippen molar-refractivity contribution in [2.24, 2.45) is 17.6 Å². The largest absolute Gasteiger partial charge is 0.376 e. The van der Waals surface area contributed by atoms with Crippen LogP contribution in [0.2, 0.25) is 0 Å². The van der Waals surface area contributed by atoms with E-state index < -0.39 is 0 Å². The normalized spacial score (nSPS) is 42.7. The summed E-state index contributed by atoms with van der Waals surface area (Å²) >= 11 is 0. The molecular weight excluding hydrogens is 234 g/mol. The van der Waals surface area contributed by atoms with Gasteiger partial charge in [-0.3, -0.25) is 9.59 Å². The molecule has 0 aromatic rings. The minimum absolute atomic E-state index is 0.00989. The van der Waals surface area contributed by atoms with Gasteiger partial charge in [0, 0.05) is 31.5 Å². The molecule has 6 heteroatoms. The van der Waals surface area contributed by atoms with Gasteiger partial charge in [-0.25, -0.2) is 0 Å². The van der Waals surface area contributed by atoms with E-state index in [1.165, 1.54) is 0 Å². The Kier molecular flexibility index (Phi) is 2.99. The van der Waals surface area contributed by atoms with Crippen molar-refractivity contribution in [2.45, 2.75) is 37.5 Å². The van der Waals surface area contributed by atoms with E-state index in [9.17, 15) is 9.59 Å². The molecule has 3 aliphatic rings. The van der Waals surface area contributed by atoms with Crippen molar-refractivity contribution in [1.29, 1.82) is 0 Å². The molecule has 0 aromatic heterocycles. The maximum atomic E-state index is 12.0. The van der Waals surface area contributed by atoms with Gasteiger partial charge < -0.3 is 21.1 Å². The monoisotopic (exact) mass is 253 g/mol. The number of carbonyl (C=O) groups excluding carboxylic acids is 2. The van der Waals surface area contributed by atoms with Gasteiger partial charge in [0.1, 0.15) is 0 Å². The number of fused-ring (bicyclic) bond motifs is 1. The third kappa shape index (κ3) is 1.89. The summed E-state index contributed by atoms with van der Waals surface area (Å²) in [5, 5.41) is 5.61. The van der Waals surface area contributed by atoms with Gasteiger partial charge in [-0.2, -0.15) is 0 Å². The average molecular weight is 253 g/mol. The van der Waals surface area contributed by atoms with Crippen molar-refractivity contribution < 1.29 is 14.3 Å². The Balaban J connectivity index is 1.56. The second kappa shape index (κ2) is 4.51. The van der Waals surface area contributed by atoms with Crippen LogP contribution in [-0.2, 0) is 14.3 Å². The Morgan fingerprint density at radius 1 is 1.50 bits per heavy atom. The van der Waals surface area contributed by atoms with Crippen molar-refractivity contribution in [3.05, 3.63) is 0 Å². The van der Waals surface area contributed by atoms with Gasteiger partial charge in [-0.1, -0.05) is 0 Å². The topological polar surface area (TPSA) is 93.4 Å². The number of amides is 2. The van der Waals surface area contributed by atoms with Crippen LogP contribution in [0.4, 0.5) is 0 Å². The highest BCUT2D eigenvalue weighted by atomic mass is 16.5. The molecule has 4 N–H and O–H groups in total. The van der Waals surface area contributed by atoms with Gasteiger partial charge in [0.2, 0.25) is 11.8 Å². The Bertz CT molecular complexity index is 374. The van der Waals surface area contributed by atoms with Crippen molar-refractivity contribution in [3.63, 3.8) is 0 Å². The zero-order valence-corrected chi connectivity index (χ0v) is 10.2. The second-order valence-electron chi connectivity index (χ2n) is 5.46. The molecule has 1 saturated carbocycles. The van der Waals surface area contributed by atoms with Crippen molar-refractivity contribution in [1.82, 2.24) is 10.6 Å². The van der Waals surface area contributed by atoms with Crippen LogP contribution in [0.3, 0.4) is 0 Å². The van der Waals surface area contributed by atoms with E-state index in [4.69, 9.17) is 10.5 Å². The quantitative estimate of drug-likeness (QED) is 0.573. The molecule has 5 unspecified atom stereocenters. The number of rotatable bonds is 2. The lowest BCUT2D eigenvalue weighted by molar-refractivity contribution is -0.142. The van der Waals surface area contributed by atoms with Gasteiger partial charge in [-0.15, -0.1) is 0 Å². The first-order valence-corrected chi connectivity index (χ1v) is 6.61. The Labute approximate surface area is 106 Å². The van der Waals surface area contributed by atoms with Crippen LogP contribution >= 0.6 is 0 Å². The third-order valence-corrected chi connectivity index (χ3v) is 4.33. The Morgan fingerprint density at radius 2 is 2.33 bits per heavy atom. The van der Waals surface area contributed by atoms with Gasteiger partial charge in [0.15, 0.2) is 0 Å². The van der Waals surface area contributed by atoms with E-state index in [1.54, 1.807) is 0 Å². The minimum Gasteiger partial charge on any atom is -0.376 e. The first-order valence-electron chi connectivity index (χ1n) is 6.61. The fraction of sp³-hybridized carbons (Fsp3) is 0.833. The van der Waals surface area contributed by atoms with Gasteiger partial charge >= 0.3 is 0 Å². The standard InChI is InChI=1S/C12H19N3O3/c13-9-7-2-1-3-18-11(7)10(9)15-12(17)6-4-8(16)14-5-6/h6-7,9-11H,1-5,13H2,(H,14,16)(H,15,17). The average Bonchev–Trinajstić information content (AvgIpc) is 2.82. The van der Waals surface area contributed by atoms with Gasteiger partial charge in [-0.05, 0) is 12.8 Å². The fourth-order valence-corrected chi connectivity index (χ4v) is 3.20. The Morgan fingerprint density at radius 3 is 3.06 bits per heavy atom. The number of hydrogen-bond donors (Lipinski definition) is 3. The molecule has 100 valence electrons. The van der Waals surface area contributed by atoms with Crippen LogP contribution in [0.5, 0.6) is 0 Å². The molecule has 2 amide bonds. The van der Waals surface area contributed by atoms with E-state index in [2.05, 4.69) is 10.6 Å². The van der Waals surface area contributed by atoms with Crippen LogP contribution in [0, 0.1) is 11.8 Å². The summed E-state index contributed by atoms with van der Waals surface area (Å²) in [6.45, 7) is 1.19. The molecule has 0 spiro atoms. The van der Waals surface area contributed by atoms with Crippen molar-refractivity contribution in [2.75, 3.05) is 13.2 Å². The minimum atomic E-state index is -0.257. The molecule has 0 aromatic carbocycles. The Hall–Kier alpha value is -1.14. The van der Waals surface area contributed by atoms with Crippen LogP contribution in [0.15, 0.2) is 0 Å². The highest BCUT2D eigenvalue weighted by molar-refractivity contribution is 5.89. The molecule has 5 atom stereocenters. The maximum absolute atomic E-state index is 12.0. The van der Waals surface area contributed by atoms with Crippen LogP contribution < -0.4 is 16.4 Å². The molecule has 0 bridgehead atoms. The molecule has 0 radical (unpaired) electrons. The first-order chi connectivity index (χ1) is 8.66. The molecule has 2 saturated heterocycles. The lowest BCUT2D eigenvalue weighted by Crippen LogP contribution is -2.72. The molecule has 1 aliphatic carbocycles. The lowest BCUT2D eigenvalue weighted by Gasteiger charge is -2.52. The molecule has 3 rings (SSSR count). The summed E-state index contributed by atoms with van der Waals surface area (Å²) in [6, 6.07) is -0.0946. The van der Waals surface area contributed by atoms with Crippen molar-refractivity contribution >= 4 is 11.8 Å². The van der Waals surface area contributed by atoms with E-state index in [-0.39, 0.29) is 42.3 Å². The lowest BCUT2D eigenvalue weighted by atomic mass is 9.68. The first kappa shape index (κ1) is 11.9. The van der Waals surface area contributed by atoms with Crippen LogP contribution in [0.1, 0.15) is 19.3 Å². The summed E-state index contributed by atoms with van der Waals surface area (Å²) in [6.07, 6.45) is 2.49. The van der Waals surface area contributed by atoms with Gasteiger partial charge in [0.05, 0.1) is 18.1 Å². The predicted octanol–water partition coefficient (Wildman–Crippen LogP) is -1.26. The highest BCUT2D eigenvalue weighted by Crippen LogP contribution is 2.37. The molecule has 2 heterocycles. The van der Waals surface area contributed by atoms with E-state index >= 15 is 0 Å². The summed E-state index contributed by atoms with van der Waals surface area (Å²) in [5.74, 6) is -0.0130. The number of ether oxygens (including phenoxy) is 1. The zero-order chi connectivity index (χ0) is 12.7. The third-order valence-electron chi connectivity index (χ3n) is 4.33. The number of hydrogen-bond acceptors (Lipinski definition) is 4. The van der Waals surface area contributed by atoms with Crippen LogP contribution in [-0.4, -0.2) is 43.2 Å². The predicted molar refractivity (Wildman–Crippen MR) is 63.5 cm³/mol. The van der Waals surface area contributed by atoms with Gasteiger partial charge in [0.25, 0.3) is 0 Å². The summed E-state index contributed by atoms with van der Waals surface area (Å²) < 4.78 is 5.67.